The fourth-order valence-electron chi connectivity index (χ4n) is 2.27. The first-order valence-electron chi connectivity index (χ1n) is 7.46. The van der Waals surface area contributed by atoms with E-state index < -0.39 is 4.92 Å². The van der Waals surface area contributed by atoms with E-state index in [4.69, 9.17) is 16.0 Å². The quantitative estimate of drug-likeness (QED) is 0.209. The number of allylic oxidation sites excluding steroid dienone is 1. The van der Waals surface area contributed by atoms with Gasteiger partial charge in [-0.25, -0.2) is 0 Å². The molecule has 0 spiro atoms. The third-order valence-electron chi connectivity index (χ3n) is 3.58. The molecule has 0 saturated carbocycles. The maximum absolute atomic E-state index is 12.1. The van der Waals surface area contributed by atoms with E-state index in [1.165, 1.54) is 18.2 Å². The molecular weight excluding hydrogens is 422 g/mol. The highest BCUT2D eigenvalue weighted by Crippen LogP contribution is 2.31. The smallest absolute Gasteiger partial charge is 0.288 e. The van der Waals surface area contributed by atoms with Gasteiger partial charge in [0, 0.05) is 21.7 Å². The van der Waals surface area contributed by atoms with Crippen molar-refractivity contribution >= 4 is 45.1 Å². The van der Waals surface area contributed by atoms with Crippen LogP contribution >= 0.6 is 27.5 Å². The summed E-state index contributed by atoms with van der Waals surface area (Å²) in [5, 5.41) is 11.0. The van der Waals surface area contributed by atoms with E-state index in [-0.39, 0.29) is 16.5 Å². The van der Waals surface area contributed by atoms with E-state index in [1.807, 2.05) is 0 Å². The van der Waals surface area contributed by atoms with Gasteiger partial charge in [-0.2, -0.15) is 0 Å². The summed E-state index contributed by atoms with van der Waals surface area (Å²) in [7, 11) is 0. The molecule has 0 fully saturated rings. The van der Waals surface area contributed by atoms with E-state index in [9.17, 15) is 14.9 Å². The fourth-order valence-corrected chi connectivity index (χ4v) is 2.72. The third kappa shape index (κ3) is 4.09. The number of ketones is 1. The lowest BCUT2D eigenvalue weighted by atomic mass is 10.1. The van der Waals surface area contributed by atoms with Gasteiger partial charge in [0.15, 0.2) is 5.78 Å². The Morgan fingerprint density at radius 2 is 1.85 bits per heavy atom. The molecule has 1 heterocycles. The van der Waals surface area contributed by atoms with Gasteiger partial charge in [0.05, 0.1) is 4.92 Å². The molecule has 0 radical (unpaired) electrons. The van der Waals surface area contributed by atoms with Crippen LogP contribution in [0.2, 0.25) is 5.02 Å². The fraction of sp³-hybridized carbons (Fsp3) is 0. The molecule has 1 aromatic heterocycles. The van der Waals surface area contributed by atoms with Gasteiger partial charge in [-0.3, -0.25) is 14.9 Å². The molecule has 0 aliphatic rings. The Balaban J connectivity index is 1.80. The third-order valence-corrected chi connectivity index (χ3v) is 4.43. The lowest BCUT2D eigenvalue weighted by Crippen LogP contribution is -1.92. The highest BCUT2D eigenvalue weighted by molar-refractivity contribution is 9.10. The Morgan fingerprint density at radius 1 is 1.12 bits per heavy atom. The van der Waals surface area contributed by atoms with E-state index in [1.54, 1.807) is 48.5 Å². The highest BCUT2D eigenvalue weighted by Gasteiger charge is 2.15. The average molecular weight is 433 g/mol. The summed E-state index contributed by atoms with van der Waals surface area (Å²) in [6.07, 6.45) is 2.97. The van der Waals surface area contributed by atoms with Crippen molar-refractivity contribution in [2.75, 3.05) is 0 Å². The Hall–Kier alpha value is -2.70. The van der Waals surface area contributed by atoms with Crippen molar-refractivity contribution in [3.8, 4) is 11.3 Å². The topological polar surface area (TPSA) is 73.3 Å². The highest BCUT2D eigenvalue weighted by atomic mass is 79.9. The number of furan rings is 1. The van der Waals surface area contributed by atoms with Gasteiger partial charge in [-0.1, -0.05) is 27.5 Å². The molecule has 3 aromatic rings. The van der Waals surface area contributed by atoms with Gasteiger partial charge < -0.3 is 4.42 Å². The Bertz CT molecular complexity index is 1010. The number of halogens is 2. The van der Waals surface area contributed by atoms with Gasteiger partial charge in [0.1, 0.15) is 16.5 Å². The van der Waals surface area contributed by atoms with Crippen molar-refractivity contribution < 1.29 is 14.1 Å². The largest absolute Gasteiger partial charge is 0.457 e. The van der Waals surface area contributed by atoms with Gasteiger partial charge in [-0.05, 0) is 60.7 Å². The Kier molecular flexibility index (Phi) is 5.35. The molecule has 0 N–H and O–H groups in total. The van der Waals surface area contributed by atoms with Crippen LogP contribution in [0.5, 0.6) is 0 Å². The first-order chi connectivity index (χ1) is 12.4. The summed E-state index contributed by atoms with van der Waals surface area (Å²) < 4.78 is 6.53. The zero-order chi connectivity index (χ0) is 18.7. The van der Waals surface area contributed by atoms with Crippen LogP contribution in [0.15, 0.2) is 69.6 Å². The molecule has 26 heavy (non-hydrogen) atoms. The van der Waals surface area contributed by atoms with Gasteiger partial charge in [0.2, 0.25) is 0 Å². The Labute approximate surface area is 162 Å². The average Bonchev–Trinajstić information content (AvgIpc) is 3.09. The van der Waals surface area contributed by atoms with Crippen LogP contribution in [0.1, 0.15) is 16.1 Å². The first-order valence-corrected chi connectivity index (χ1v) is 8.63. The van der Waals surface area contributed by atoms with Crippen molar-refractivity contribution in [2.45, 2.75) is 0 Å². The van der Waals surface area contributed by atoms with Gasteiger partial charge in [-0.15, -0.1) is 0 Å². The molecule has 3 rings (SSSR count). The maximum Gasteiger partial charge on any atom is 0.288 e. The minimum atomic E-state index is -0.549. The van der Waals surface area contributed by atoms with Crippen LogP contribution in [0, 0.1) is 10.1 Å². The summed E-state index contributed by atoms with van der Waals surface area (Å²) in [4.78, 5) is 22.6. The maximum atomic E-state index is 12.1. The number of carbonyl (C=O) groups excluding carboxylic acids is 1. The van der Waals surface area contributed by atoms with Crippen molar-refractivity contribution in [3.63, 3.8) is 0 Å². The number of hydrogen-bond acceptors (Lipinski definition) is 4. The molecule has 0 atom stereocenters. The summed E-state index contributed by atoms with van der Waals surface area (Å²) in [5.74, 6) is 0.751. The van der Waals surface area contributed by atoms with Crippen LogP contribution in [-0.2, 0) is 0 Å². The number of nitro groups is 1. The van der Waals surface area contributed by atoms with Crippen molar-refractivity contribution in [1.29, 1.82) is 0 Å². The Morgan fingerprint density at radius 3 is 2.54 bits per heavy atom. The number of benzene rings is 2. The van der Waals surface area contributed by atoms with Crippen LogP contribution in [-0.4, -0.2) is 10.7 Å². The lowest BCUT2D eigenvalue weighted by Gasteiger charge is -1.99. The van der Waals surface area contributed by atoms with Crippen LogP contribution in [0.4, 0.5) is 5.69 Å². The standard InChI is InChI=1S/C19H11BrClNO4/c20-14-4-1-12(2-5-14)18(23)9-6-15-7-10-19(26-15)13-3-8-16(21)17(11-13)22(24)25/h1-11H/b9-6+. The molecule has 0 unspecified atom stereocenters. The molecule has 7 heteroatoms. The number of rotatable bonds is 5. The molecule has 5 nitrogen and oxygen atoms in total. The number of hydrogen-bond donors (Lipinski definition) is 0. The molecule has 0 aliphatic heterocycles. The minimum absolute atomic E-state index is 0.0607. The molecule has 0 amide bonds. The van der Waals surface area contributed by atoms with Gasteiger partial charge in [0.25, 0.3) is 5.69 Å². The van der Waals surface area contributed by atoms with Crippen LogP contribution in [0.25, 0.3) is 17.4 Å². The number of nitrogens with zero attached hydrogens (tertiary/aromatic N) is 1. The monoisotopic (exact) mass is 431 g/mol. The summed E-state index contributed by atoms with van der Waals surface area (Å²) in [5.41, 5.74) is 0.896. The molecule has 0 saturated heterocycles. The zero-order valence-electron chi connectivity index (χ0n) is 13.2. The normalized spacial score (nSPS) is 11.0. The van der Waals surface area contributed by atoms with Crippen LogP contribution < -0.4 is 0 Å². The van der Waals surface area contributed by atoms with Crippen molar-refractivity contribution in [2.24, 2.45) is 0 Å². The first kappa shape index (κ1) is 18.1. The van der Waals surface area contributed by atoms with E-state index in [0.29, 0.717) is 22.6 Å². The predicted molar refractivity (Wildman–Crippen MR) is 103 cm³/mol. The molecular formula is C19H11BrClNO4. The predicted octanol–water partition coefficient (Wildman–Crippen LogP) is 6.17. The minimum Gasteiger partial charge on any atom is -0.457 e. The van der Waals surface area contributed by atoms with E-state index in [0.717, 1.165) is 4.47 Å². The summed E-state index contributed by atoms with van der Waals surface area (Å²) in [6, 6.07) is 14.8. The molecule has 0 bridgehead atoms. The van der Waals surface area contributed by atoms with Crippen LogP contribution in [0.3, 0.4) is 0 Å². The summed E-state index contributed by atoms with van der Waals surface area (Å²) >= 11 is 9.13. The van der Waals surface area contributed by atoms with Gasteiger partial charge >= 0.3 is 0 Å². The van der Waals surface area contributed by atoms with E-state index >= 15 is 0 Å². The second-order valence-corrected chi connectivity index (χ2v) is 6.65. The van der Waals surface area contributed by atoms with Crippen molar-refractivity contribution in [1.82, 2.24) is 0 Å². The van der Waals surface area contributed by atoms with E-state index in [2.05, 4.69) is 15.9 Å². The lowest BCUT2D eigenvalue weighted by molar-refractivity contribution is -0.384. The second kappa shape index (κ2) is 7.68. The summed E-state index contributed by atoms with van der Waals surface area (Å²) in [6.45, 7) is 0. The SMILES string of the molecule is O=C(/C=C/c1ccc(-c2ccc(Cl)c([N+](=O)[O-])c2)o1)c1ccc(Br)cc1. The second-order valence-electron chi connectivity index (χ2n) is 5.33. The number of carbonyl (C=O) groups is 1. The molecule has 2 aromatic carbocycles. The molecule has 130 valence electrons. The van der Waals surface area contributed by atoms with Crippen molar-refractivity contribution in [3.05, 3.63) is 91.6 Å². The zero-order valence-corrected chi connectivity index (χ0v) is 15.5. The number of nitro benzene ring substituents is 1. The molecule has 0 aliphatic carbocycles.